The molecule has 0 saturated heterocycles. The average Bonchev–Trinajstić information content (AvgIpc) is 2.37. The molecular formula is C12H17NO4. The molecule has 0 spiro atoms. The van der Waals surface area contributed by atoms with Gasteiger partial charge in [-0.15, -0.1) is 0 Å². The number of hydrogen-bond donors (Lipinski definition) is 2. The number of esters is 1. The van der Waals surface area contributed by atoms with Crippen molar-refractivity contribution in [1.29, 1.82) is 0 Å². The molecular weight excluding hydrogens is 222 g/mol. The summed E-state index contributed by atoms with van der Waals surface area (Å²) in [5.41, 5.74) is 1.000. The summed E-state index contributed by atoms with van der Waals surface area (Å²) in [4.78, 5) is 11.1. The lowest BCUT2D eigenvalue weighted by atomic mass is 10.3. The molecule has 0 aliphatic heterocycles. The number of ether oxygens (including phenoxy) is 2. The van der Waals surface area contributed by atoms with Gasteiger partial charge in [-0.25, -0.2) is 0 Å². The molecule has 0 atom stereocenters. The summed E-state index contributed by atoms with van der Waals surface area (Å²) in [6.45, 7) is 0.150. The molecule has 0 saturated carbocycles. The van der Waals surface area contributed by atoms with E-state index in [0.717, 1.165) is 5.69 Å². The van der Waals surface area contributed by atoms with Crippen LogP contribution in [0.15, 0.2) is 24.3 Å². The van der Waals surface area contributed by atoms with Crippen molar-refractivity contribution in [1.82, 2.24) is 0 Å². The van der Waals surface area contributed by atoms with E-state index >= 15 is 0 Å². The minimum atomic E-state index is -0.370. The van der Waals surface area contributed by atoms with E-state index in [1.165, 1.54) is 0 Å². The monoisotopic (exact) mass is 239 g/mol. The zero-order valence-electron chi connectivity index (χ0n) is 9.81. The molecule has 2 N–H and O–H groups in total. The van der Waals surface area contributed by atoms with Crippen LogP contribution in [0, 0.1) is 0 Å². The number of rotatable bonds is 7. The predicted octanol–water partition coefficient (Wildman–Crippen LogP) is 1.03. The van der Waals surface area contributed by atoms with E-state index in [9.17, 15) is 4.79 Å². The van der Waals surface area contributed by atoms with Gasteiger partial charge in [-0.1, -0.05) is 0 Å². The highest BCUT2D eigenvalue weighted by Gasteiger charge is 2.02. The minimum absolute atomic E-state index is 0.0374. The molecule has 0 radical (unpaired) electrons. The Morgan fingerprint density at radius 3 is 2.59 bits per heavy atom. The van der Waals surface area contributed by atoms with Gasteiger partial charge in [0.1, 0.15) is 12.4 Å². The Morgan fingerprint density at radius 2 is 2.00 bits per heavy atom. The summed E-state index contributed by atoms with van der Waals surface area (Å²) in [5, 5.41) is 11.5. The third kappa shape index (κ3) is 5.21. The molecule has 0 bridgehead atoms. The largest absolute Gasteiger partial charge is 0.493 e. The molecule has 0 amide bonds. The first kappa shape index (κ1) is 13.3. The van der Waals surface area contributed by atoms with Crippen LogP contribution in [0.4, 0.5) is 5.69 Å². The lowest BCUT2D eigenvalue weighted by molar-refractivity contribution is -0.145. The molecule has 5 heteroatoms. The third-order valence-electron chi connectivity index (χ3n) is 2.07. The lowest BCUT2D eigenvalue weighted by Crippen LogP contribution is -2.12. The predicted molar refractivity (Wildman–Crippen MR) is 64.1 cm³/mol. The van der Waals surface area contributed by atoms with Gasteiger partial charge in [-0.3, -0.25) is 4.79 Å². The molecule has 0 aliphatic rings. The summed E-state index contributed by atoms with van der Waals surface area (Å²) in [6, 6.07) is 7.43. The maximum atomic E-state index is 11.1. The van der Waals surface area contributed by atoms with E-state index in [0.29, 0.717) is 5.75 Å². The molecule has 0 fully saturated rings. The zero-order valence-corrected chi connectivity index (χ0v) is 9.81. The number of hydrogen-bond acceptors (Lipinski definition) is 5. The quantitative estimate of drug-likeness (QED) is 0.696. The molecule has 0 heterocycles. The van der Waals surface area contributed by atoms with Crippen molar-refractivity contribution >= 4 is 11.7 Å². The van der Waals surface area contributed by atoms with Gasteiger partial charge in [0.05, 0.1) is 19.6 Å². The van der Waals surface area contributed by atoms with Crippen LogP contribution in [0.5, 0.6) is 5.75 Å². The zero-order chi connectivity index (χ0) is 12.5. The van der Waals surface area contributed by atoms with Gasteiger partial charge in [0.2, 0.25) is 0 Å². The highest BCUT2D eigenvalue weighted by molar-refractivity contribution is 5.69. The Hall–Kier alpha value is -1.75. The number of nitrogens with one attached hydrogen (secondary N) is 1. The number of carbonyl (C=O) groups is 1. The molecule has 1 aromatic rings. The first-order valence-corrected chi connectivity index (χ1v) is 5.43. The fourth-order valence-corrected chi connectivity index (χ4v) is 1.20. The van der Waals surface area contributed by atoms with E-state index in [1.807, 2.05) is 31.3 Å². The van der Waals surface area contributed by atoms with Crippen LogP contribution in [0.3, 0.4) is 0 Å². The van der Waals surface area contributed by atoms with Crippen molar-refractivity contribution in [2.24, 2.45) is 0 Å². The standard InChI is InChI=1S/C12H17NO4/c1-13-10-2-4-11(5-3-10)16-8-6-12(15)17-9-7-14/h2-5,13-14H,6-9H2,1H3. The van der Waals surface area contributed by atoms with E-state index in [-0.39, 0.29) is 32.2 Å². The minimum Gasteiger partial charge on any atom is -0.493 e. The number of aliphatic hydroxyl groups excluding tert-OH is 1. The van der Waals surface area contributed by atoms with Crippen LogP contribution in [-0.4, -0.2) is 37.9 Å². The van der Waals surface area contributed by atoms with E-state index in [4.69, 9.17) is 9.84 Å². The maximum Gasteiger partial charge on any atom is 0.309 e. The van der Waals surface area contributed by atoms with Crippen LogP contribution in [0.25, 0.3) is 0 Å². The number of carbonyl (C=O) groups excluding carboxylic acids is 1. The van der Waals surface area contributed by atoms with Crippen LogP contribution in [-0.2, 0) is 9.53 Å². The van der Waals surface area contributed by atoms with Crippen molar-refractivity contribution < 1.29 is 19.4 Å². The lowest BCUT2D eigenvalue weighted by Gasteiger charge is -2.07. The number of aliphatic hydroxyl groups is 1. The Bertz CT molecular complexity index is 337. The van der Waals surface area contributed by atoms with Gasteiger partial charge in [0.25, 0.3) is 0 Å². The summed E-state index contributed by atoms with van der Waals surface area (Å²) in [5.74, 6) is 0.338. The van der Waals surface area contributed by atoms with Crippen molar-refractivity contribution in [3.05, 3.63) is 24.3 Å². The van der Waals surface area contributed by atoms with Crippen molar-refractivity contribution in [2.45, 2.75) is 6.42 Å². The molecule has 94 valence electrons. The van der Waals surface area contributed by atoms with Gasteiger partial charge in [0.15, 0.2) is 0 Å². The van der Waals surface area contributed by atoms with Crippen molar-refractivity contribution in [3.8, 4) is 5.75 Å². The normalized spacial score (nSPS) is 9.76. The highest BCUT2D eigenvalue weighted by Crippen LogP contribution is 2.15. The van der Waals surface area contributed by atoms with E-state index < -0.39 is 0 Å². The summed E-state index contributed by atoms with van der Waals surface area (Å²) >= 11 is 0. The maximum absolute atomic E-state index is 11.1. The summed E-state index contributed by atoms with van der Waals surface area (Å²) in [6.07, 6.45) is 0.174. The smallest absolute Gasteiger partial charge is 0.309 e. The van der Waals surface area contributed by atoms with Gasteiger partial charge in [-0.2, -0.15) is 0 Å². The van der Waals surface area contributed by atoms with Crippen LogP contribution >= 0.6 is 0 Å². The highest BCUT2D eigenvalue weighted by atomic mass is 16.5. The molecule has 1 rings (SSSR count). The van der Waals surface area contributed by atoms with Gasteiger partial charge >= 0.3 is 5.97 Å². The second-order valence-corrected chi connectivity index (χ2v) is 3.32. The third-order valence-corrected chi connectivity index (χ3v) is 2.07. The van der Waals surface area contributed by atoms with Gasteiger partial charge < -0.3 is 19.9 Å². The van der Waals surface area contributed by atoms with Crippen LogP contribution < -0.4 is 10.1 Å². The second kappa shape index (κ2) is 7.51. The van der Waals surface area contributed by atoms with Crippen molar-refractivity contribution in [2.75, 3.05) is 32.2 Å². The fourth-order valence-electron chi connectivity index (χ4n) is 1.20. The first-order chi connectivity index (χ1) is 8.26. The average molecular weight is 239 g/mol. The summed E-state index contributed by atoms with van der Waals surface area (Å²) in [7, 11) is 1.84. The van der Waals surface area contributed by atoms with Crippen LogP contribution in [0.2, 0.25) is 0 Å². The van der Waals surface area contributed by atoms with Gasteiger partial charge in [0, 0.05) is 12.7 Å². The SMILES string of the molecule is CNc1ccc(OCCC(=O)OCCO)cc1. The Morgan fingerprint density at radius 1 is 1.29 bits per heavy atom. The second-order valence-electron chi connectivity index (χ2n) is 3.32. The molecule has 0 aromatic heterocycles. The topological polar surface area (TPSA) is 67.8 Å². The molecule has 5 nitrogen and oxygen atoms in total. The van der Waals surface area contributed by atoms with Gasteiger partial charge in [-0.05, 0) is 24.3 Å². The Balaban J connectivity index is 2.23. The summed E-state index contributed by atoms with van der Waals surface area (Å²) < 4.78 is 10.1. The fraction of sp³-hybridized carbons (Fsp3) is 0.417. The number of benzene rings is 1. The van der Waals surface area contributed by atoms with E-state index in [1.54, 1.807) is 0 Å². The Kier molecular flexibility index (Phi) is 5.88. The Labute approximate surface area is 100 Å². The molecule has 0 aliphatic carbocycles. The van der Waals surface area contributed by atoms with E-state index in [2.05, 4.69) is 10.1 Å². The van der Waals surface area contributed by atoms with Crippen LogP contribution in [0.1, 0.15) is 6.42 Å². The number of anilines is 1. The van der Waals surface area contributed by atoms with Crippen molar-refractivity contribution in [3.63, 3.8) is 0 Å². The molecule has 1 aromatic carbocycles. The molecule has 17 heavy (non-hydrogen) atoms. The first-order valence-electron chi connectivity index (χ1n) is 5.43. The molecule has 0 unspecified atom stereocenters.